The predicted octanol–water partition coefficient (Wildman–Crippen LogP) is 5.79. The van der Waals surface area contributed by atoms with Crippen LogP contribution in [0.1, 0.15) is 0 Å². The molecule has 0 saturated carbocycles. The van der Waals surface area contributed by atoms with E-state index in [9.17, 15) is 0 Å². The number of hydrogen-bond donors (Lipinski definition) is 0. The molecule has 0 fully saturated rings. The molecule has 0 unspecified atom stereocenters. The van der Waals surface area contributed by atoms with Crippen molar-refractivity contribution in [2.45, 2.75) is 0 Å². The van der Waals surface area contributed by atoms with E-state index in [0.717, 1.165) is 42.8 Å². The number of halogens is 2. The van der Waals surface area contributed by atoms with E-state index in [0.29, 0.717) is 0 Å². The van der Waals surface area contributed by atoms with Gasteiger partial charge in [-0.25, -0.2) is 0 Å². The van der Waals surface area contributed by atoms with Crippen molar-refractivity contribution >= 4 is 31.9 Å². The zero-order valence-corrected chi connectivity index (χ0v) is 16.6. The molecule has 0 aliphatic rings. The maximum atomic E-state index is 4.48. The van der Waals surface area contributed by atoms with E-state index < -0.39 is 0 Å². The molecule has 0 atom stereocenters. The Morgan fingerprint density at radius 3 is 1.88 bits per heavy atom. The molecule has 1 aromatic carbocycles. The van der Waals surface area contributed by atoms with Crippen molar-refractivity contribution in [1.29, 1.82) is 0 Å². The third-order valence-electron chi connectivity index (χ3n) is 3.80. The molecule has 3 aromatic heterocycles. The van der Waals surface area contributed by atoms with Gasteiger partial charge in [0.2, 0.25) is 0 Å². The molecule has 26 heavy (non-hydrogen) atoms. The summed E-state index contributed by atoms with van der Waals surface area (Å²) in [6, 6.07) is 19.6. The minimum Gasteiger partial charge on any atom is -0.255 e. The van der Waals surface area contributed by atoms with E-state index in [2.05, 4.69) is 64.2 Å². The Labute approximate surface area is 167 Å². The van der Waals surface area contributed by atoms with E-state index in [1.165, 1.54) is 0 Å². The van der Waals surface area contributed by atoms with Crippen LogP contribution in [0.3, 0.4) is 0 Å². The van der Waals surface area contributed by atoms with Crippen LogP contribution in [0.4, 0.5) is 0 Å². The zero-order chi connectivity index (χ0) is 17.9. The summed E-state index contributed by atoms with van der Waals surface area (Å²) in [5.74, 6) is 0. The third-order valence-corrected chi connectivity index (χ3v) is 4.72. The Balaban J connectivity index is 1.95. The van der Waals surface area contributed by atoms with Crippen LogP contribution in [0.2, 0.25) is 0 Å². The standard InChI is InChI=1S/C20H12Br2N4/c21-14-9-13(10-15(22)11-14)16-12-19(17-5-1-3-7-23-17)25-26-20(16)18-6-2-4-8-24-18/h1-12H. The molecule has 3 heterocycles. The van der Waals surface area contributed by atoms with Crippen LogP contribution in [0.15, 0.2) is 82.0 Å². The lowest BCUT2D eigenvalue weighted by Gasteiger charge is -2.11. The summed E-state index contributed by atoms with van der Waals surface area (Å²) < 4.78 is 1.95. The lowest BCUT2D eigenvalue weighted by molar-refractivity contribution is 1.03. The lowest BCUT2D eigenvalue weighted by Crippen LogP contribution is -1.97. The first-order valence-corrected chi connectivity index (χ1v) is 9.46. The highest BCUT2D eigenvalue weighted by molar-refractivity contribution is 9.11. The number of aromatic nitrogens is 4. The Morgan fingerprint density at radius 1 is 0.615 bits per heavy atom. The Bertz CT molecular complexity index is 1030. The van der Waals surface area contributed by atoms with E-state index in [4.69, 9.17) is 0 Å². The molecule has 6 heteroatoms. The van der Waals surface area contributed by atoms with Crippen molar-refractivity contribution in [3.63, 3.8) is 0 Å². The highest BCUT2D eigenvalue weighted by Gasteiger charge is 2.15. The van der Waals surface area contributed by atoms with Crippen LogP contribution in [-0.4, -0.2) is 20.2 Å². The summed E-state index contributed by atoms with van der Waals surface area (Å²) >= 11 is 7.12. The van der Waals surface area contributed by atoms with Crippen molar-refractivity contribution in [1.82, 2.24) is 20.2 Å². The van der Waals surface area contributed by atoms with Crippen molar-refractivity contribution in [2.75, 3.05) is 0 Å². The molecule has 0 aliphatic carbocycles. The maximum absolute atomic E-state index is 4.48. The van der Waals surface area contributed by atoms with Crippen LogP contribution in [0.5, 0.6) is 0 Å². The van der Waals surface area contributed by atoms with Gasteiger partial charge in [-0.05, 0) is 54.1 Å². The first-order valence-electron chi connectivity index (χ1n) is 7.88. The minimum atomic E-state index is 0.719. The second kappa shape index (κ2) is 7.43. The molecular weight excluding hydrogens is 456 g/mol. The van der Waals surface area contributed by atoms with Gasteiger partial charge in [-0.1, -0.05) is 44.0 Å². The van der Waals surface area contributed by atoms with Crippen LogP contribution in [0.25, 0.3) is 33.9 Å². The highest BCUT2D eigenvalue weighted by atomic mass is 79.9. The zero-order valence-electron chi connectivity index (χ0n) is 13.5. The Hall–Kier alpha value is -2.44. The number of pyridine rings is 2. The van der Waals surface area contributed by atoms with Gasteiger partial charge in [-0.15, -0.1) is 10.2 Å². The second-order valence-corrected chi connectivity index (χ2v) is 7.41. The number of benzene rings is 1. The van der Waals surface area contributed by atoms with E-state index in [1.807, 2.05) is 48.5 Å². The Morgan fingerprint density at radius 2 is 1.27 bits per heavy atom. The molecule has 0 N–H and O–H groups in total. The van der Waals surface area contributed by atoms with Gasteiger partial charge in [-0.2, -0.15) is 0 Å². The van der Waals surface area contributed by atoms with Gasteiger partial charge in [0.05, 0.1) is 11.4 Å². The normalized spacial score (nSPS) is 10.7. The summed E-state index contributed by atoms with van der Waals surface area (Å²) in [5, 5.41) is 8.86. The highest BCUT2D eigenvalue weighted by Crippen LogP contribution is 2.34. The van der Waals surface area contributed by atoms with Gasteiger partial charge in [0.25, 0.3) is 0 Å². The van der Waals surface area contributed by atoms with E-state index >= 15 is 0 Å². The maximum Gasteiger partial charge on any atom is 0.119 e. The van der Waals surface area contributed by atoms with Gasteiger partial charge < -0.3 is 0 Å². The molecule has 0 radical (unpaired) electrons. The number of hydrogen-bond acceptors (Lipinski definition) is 4. The van der Waals surface area contributed by atoms with E-state index in [1.54, 1.807) is 12.4 Å². The topological polar surface area (TPSA) is 51.6 Å². The SMILES string of the molecule is Brc1cc(Br)cc(-c2cc(-c3ccccn3)nnc2-c2ccccn2)c1. The second-order valence-electron chi connectivity index (χ2n) is 5.58. The van der Waals surface area contributed by atoms with Crippen molar-refractivity contribution in [2.24, 2.45) is 0 Å². The average Bonchev–Trinajstić information content (AvgIpc) is 2.68. The van der Waals surface area contributed by atoms with Crippen LogP contribution in [0, 0.1) is 0 Å². The van der Waals surface area contributed by atoms with Gasteiger partial charge in [-0.3, -0.25) is 9.97 Å². The van der Waals surface area contributed by atoms with E-state index in [-0.39, 0.29) is 0 Å². The first kappa shape index (κ1) is 17.0. The van der Waals surface area contributed by atoms with Gasteiger partial charge in [0, 0.05) is 26.9 Å². The van der Waals surface area contributed by atoms with Gasteiger partial charge in [0.1, 0.15) is 11.4 Å². The largest absolute Gasteiger partial charge is 0.255 e. The molecule has 0 saturated heterocycles. The Kier molecular flexibility index (Phi) is 4.86. The summed E-state index contributed by atoms with van der Waals surface area (Å²) in [4.78, 5) is 8.83. The average molecular weight is 468 g/mol. The van der Waals surface area contributed by atoms with Crippen LogP contribution >= 0.6 is 31.9 Å². The predicted molar refractivity (Wildman–Crippen MR) is 109 cm³/mol. The fourth-order valence-electron chi connectivity index (χ4n) is 2.65. The molecule has 126 valence electrons. The van der Waals surface area contributed by atoms with Crippen molar-refractivity contribution in [3.8, 4) is 33.9 Å². The summed E-state index contributed by atoms with van der Waals surface area (Å²) in [6.45, 7) is 0. The smallest absolute Gasteiger partial charge is 0.119 e. The molecule has 4 rings (SSSR count). The fraction of sp³-hybridized carbons (Fsp3) is 0. The first-order chi connectivity index (χ1) is 12.7. The quantitative estimate of drug-likeness (QED) is 0.382. The third kappa shape index (κ3) is 3.57. The summed E-state index contributed by atoms with van der Waals surface area (Å²) in [5.41, 5.74) is 4.97. The van der Waals surface area contributed by atoms with Gasteiger partial charge >= 0.3 is 0 Å². The van der Waals surface area contributed by atoms with Crippen molar-refractivity contribution < 1.29 is 0 Å². The van der Waals surface area contributed by atoms with Crippen LogP contribution in [-0.2, 0) is 0 Å². The molecule has 0 spiro atoms. The number of nitrogens with zero attached hydrogens (tertiary/aromatic N) is 4. The van der Waals surface area contributed by atoms with Crippen molar-refractivity contribution in [3.05, 3.63) is 82.0 Å². The van der Waals surface area contributed by atoms with Gasteiger partial charge in [0.15, 0.2) is 0 Å². The molecule has 0 bridgehead atoms. The lowest BCUT2D eigenvalue weighted by atomic mass is 10.0. The van der Waals surface area contributed by atoms with Crippen LogP contribution < -0.4 is 0 Å². The number of rotatable bonds is 3. The molecular formula is C20H12Br2N4. The minimum absolute atomic E-state index is 0.719. The molecule has 4 aromatic rings. The summed E-state index contributed by atoms with van der Waals surface area (Å²) in [6.07, 6.45) is 3.50. The molecule has 0 amide bonds. The summed E-state index contributed by atoms with van der Waals surface area (Å²) in [7, 11) is 0. The molecule has 0 aliphatic heterocycles. The monoisotopic (exact) mass is 466 g/mol. The molecule has 4 nitrogen and oxygen atoms in total. The fourth-order valence-corrected chi connectivity index (χ4v) is 3.95.